The highest BCUT2D eigenvalue weighted by molar-refractivity contribution is 7.91. The molecule has 10 heteroatoms. The molecule has 2 aliphatic rings. The van der Waals surface area contributed by atoms with Gasteiger partial charge in [0.15, 0.2) is 21.3 Å². The van der Waals surface area contributed by atoms with E-state index in [1.807, 2.05) is 0 Å². The molecule has 0 spiro atoms. The maximum absolute atomic E-state index is 12.7. The molecule has 2 amide bonds. The number of amides is 2. The largest absolute Gasteiger partial charge is 0.494 e. The molecule has 1 saturated heterocycles. The van der Waals surface area contributed by atoms with Crippen molar-refractivity contribution in [3.05, 3.63) is 36.4 Å². The van der Waals surface area contributed by atoms with Gasteiger partial charge >= 0.3 is 0 Å². The zero-order valence-electron chi connectivity index (χ0n) is 17.6. The molecule has 0 bridgehead atoms. The third-order valence-corrected chi connectivity index (χ3v) is 7.01. The van der Waals surface area contributed by atoms with Gasteiger partial charge in [-0.25, -0.2) is 8.42 Å². The number of carbonyl (C=O) groups is 2. The Kier molecular flexibility index (Phi) is 6.22. The lowest BCUT2D eigenvalue weighted by molar-refractivity contribution is -0.117. The van der Waals surface area contributed by atoms with Crippen LogP contribution in [0.2, 0.25) is 0 Å². The monoisotopic (exact) mass is 460 g/mol. The van der Waals surface area contributed by atoms with Crippen molar-refractivity contribution in [2.75, 3.05) is 42.8 Å². The van der Waals surface area contributed by atoms with Crippen molar-refractivity contribution in [2.45, 2.75) is 24.2 Å². The quantitative estimate of drug-likeness (QED) is 0.675. The summed E-state index contributed by atoms with van der Waals surface area (Å²) < 4.78 is 41.5. The van der Waals surface area contributed by atoms with Gasteiger partial charge in [-0.2, -0.15) is 0 Å². The molecule has 32 heavy (non-hydrogen) atoms. The first-order valence-corrected chi connectivity index (χ1v) is 11.9. The van der Waals surface area contributed by atoms with Gasteiger partial charge in [-0.15, -0.1) is 0 Å². The van der Waals surface area contributed by atoms with Gasteiger partial charge in [-0.1, -0.05) is 0 Å². The smallest absolute Gasteiger partial charge is 0.227 e. The van der Waals surface area contributed by atoms with E-state index in [4.69, 9.17) is 14.2 Å². The molecule has 2 aromatic rings. The molecule has 0 unspecified atom stereocenters. The maximum atomic E-state index is 12.7. The van der Waals surface area contributed by atoms with Crippen LogP contribution in [0.25, 0.3) is 0 Å². The Labute approximate surface area is 186 Å². The van der Waals surface area contributed by atoms with Gasteiger partial charge < -0.3 is 24.4 Å². The van der Waals surface area contributed by atoms with Crippen molar-refractivity contribution in [1.82, 2.24) is 0 Å². The molecule has 0 atom stereocenters. The lowest BCUT2D eigenvalue weighted by atomic mass is 10.2. The molecule has 0 saturated carbocycles. The summed E-state index contributed by atoms with van der Waals surface area (Å²) in [6, 6.07) is 9.42. The van der Waals surface area contributed by atoms with E-state index in [1.165, 1.54) is 19.2 Å². The third-order valence-electron chi connectivity index (χ3n) is 5.30. The summed E-state index contributed by atoms with van der Waals surface area (Å²) in [4.78, 5) is 26.1. The summed E-state index contributed by atoms with van der Waals surface area (Å²) >= 11 is 0. The van der Waals surface area contributed by atoms with E-state index in [0.717, 1.165) is 6.42 Å². The molecule has 2 heterocycles. The first kappa shape index (κ1) is 21.9. The Bertz CT molecular complexity index is 1150. The van der Waals surface area contributed by atoms with Gasteiger partial charge in [0.2, 0.25) is 11.8 Å². The zero-order chi connectivity index (χ0) is 22.7. The van der Waals surface area contributed by atoms with E-state index in [2.05, 4.69) is 5.32 Å². The highest BCUT2D eigenvalue weighted by Gasteiger charge is 2.25. The van der Waals surface area contributed by atoms with Gasteiger partial charge in [0, 0.05) is 37.2 Å². The molecule has 2 aliphatic heterocycles. The zero-order valence-corrected chi connectivity index (χ0v) is 18.4. The van der Waals surface area contributed by atoms with Gasteiger partial charge in [0.05, 0.1) is 23.4 Å². The number of ether oxygens (including phenoxy) is 3. The first-order chi connectivity index (χ1) is 15.4. The Morgan fingerprint density at radius 1 is 1.12 bits per heavy atom. The van der Waals surface area contributed by atoms with Crippen LogP contribution in [0.4, 0.5) is 11.4 Å². The Morgan fingerprint density at radius 2 is 1.91 bits per heavy atom. The number of sulfone groups is 1. The van der Waals surface area contributed by atoms with Crippen molar-refractivity contribution in [3.8, 4) is 17.2 Å². The fourth-order valence-corrected chi connectivity index (χ4v) is 4.92. The number of carbonyl (C=O) groups excluding carboxylic acids is 2. The second kappa shape index (κ2) is 9.07. The summed E-state index contributed by atoms with van der Waals surface area (Å²) in [6.07, 6.45) is 1.07. The summed E-state index contributed by atoms with van der Waals surface area (Å²) in [5.41, 5.74) is 1.10. The van der Waals surface area contributed by atoms with Crippen LogP contribution in [0.3, 0.4) is 0 Å². The van der Waals surface area contributed by atoms with Crippen LogP contribution in [0.1, 0.15) is 19.3 Å². The molecule has 0 aliphatic carbocycles. The highest BCUT2D eigenvalue weighted by Crippen LogP contribution is 2.34. The number of rotatable bonds is 7. The van der Waals surface area contributed by atoms with Crippen molar-refractivity contribution < 1.29 is 32.2 Å². The van der Waals surface area contributed by atoms with E-state index in [0.29, 0.717) is 54.8 Å². The highest BCUT2D eigenvalue weighted by atomic mass is 32.2. The molecule has 0 aromatic heterocycles. The van der Waals surface area contributed by atoms with Gasteiger partial charge in [0.25, 0.3) is 0 Å². The van der Waals surface area contributed by atoms with Crippen LogP contribution < -0.4 is 24.4 Å². The number of methoxy groups -OCH3 is 1. The Hall–Kier alpha value is -3.27. The molecule has 4 rings (SSSR count). The molecule has 170 valence electrons. The number of benzene rings is 2. The minimum atomic E-state index is -3.68. The molecular weight excluding hydrogens is 436 g/mol. The van der Waals surface area contributed by atoms with Crippen LogP contribution in [0.15, 0.2) is 41.3 Å². The Morgan fingerprint density at radius 3 is 2.62 bits per heavy atom. The SMILES string of the molecule is COc1cc(NC(=O)CCS(=O)(=O)c2ccc3c(c2)OCCO3)ccc1N1CCCC1=O. The van der Waals surface area contributed by atoms with Crippen LogP contribution in [-0.2, 0) is 19.4 Å². The number of nitrogens with zero attached hydrogens (tertiary/aromatic N) is 1. The fraction of sp³-hybridized carbons (Fsp3) is 0.364. The van der Waals surface area contributed by atoms with E-state index in [1.54, 1.807) is 29.2 Å². The maximum Gasteiger partial charge on any atom is 0.227 e. The number of hydrogen-bond acceptors (Lipinski definition) is 7. The van der Waals surface area contributed by atoms with Crippen molar-refractivity contribution in [2.24, 2.45) is 0 Å². The van der Waals surface area contributed by atoms with E-state index in [9.17, 15) is 18.0 Å². The predicted molar refractivity (Wildman–Crippen MR) is 117 cm³/mol. The lowest BCUT2D eigenvalue weighted by Crippen LogP contribution is -2.24. The molecule has 0 radical (unpaired) electrons. The second-order valence-electron chi connectivity index (χ2n) is 7.46. The molecule has 2 aromatic carbocycles. The third kappa shape index (κ3) is 4.64. The number of nitrogens with one attached hydrogen (secondary N) is 1. The van der Waals surface area contributed by atoms with Crippen LogP contribution in [-0.4, -0.2) is 52.9 Å². The van der Waals surface area contributed by atoms with E-state index < -0.39 is 15.7 Å². The topological polar surface area (TPSA) is 111 Å². The molecule has 1 fully saturated rings. The van der Waals surface area contributed by atoms with E-state index >= 15 is 0 Å². The number of anilines is 2. The van der Waals surface area contributed by atoms with E-state index in [-0.39, 0.29) is 23.0 Å². The van der Waals surface area contributed by atoms with Crippen molar-refractivity contribution >= 4 is 33.0 Å². The van der Waals surface area contributed by atoms with Crippen molar-refractivity contribution in [3.63, 3.8) is 0 Å². The van der Waals surface area contributed by atoms with Crippen LogP contribution in [0, 0.1) is 0 Å². The standard InChI is InChI=1S/C22H24N2O7S/c1-29-19-13-15(4-6-17(19)24-9-2-3-22(24)26)23-21(25)8-12-32(27,28)16-5-7-18-20(14-16)31-11-10-30-18/h4-7,13-14H,2-3,8-12H2,1H3,(H,23,25). The molecular formula is C22H24N2O7S. The fourth-order valence-electron chi connectivity index (χ4n) is 3.67. The normalized spacial score (nSPS) is 15.5. The Balaban J connectivity index is 1.40. The summed E-state index contributed by atoms with van der Waals surface area (Å²) in [5, 5.41) is 2.69. The summed E-state index contributed by atoms with van der Waals surface area (Å²) in [5.74, 6) is 0.576. The van der Waals surface area contributed by atoms with Crippen LogP contribution >= 0.6 is 0 Å². The summed E-state index contributed by atoms with van der Waals surface area (Å²) in [6.45, 7) is 1.39. The van der Waals surface area contributed by atoms with Gasteiger partial charge in [-0.05, 0) is 30.7 Å². The lowest BCUT2D eigenvalue weighted by Gasteiger charge is -2.20. The molecule has 9 nitrogen and oxygen atoms in total. The predicted octanol–water partition coefficient (Wildman–Crippen LogP) is 2.40. The average molecular weight is 461 g/mol. The number of hydrogen-bond donors (Lipinski definition) is 1. The van der Waals surface area contributed by atoms with Gasteiger partial charge in [-0.3, -0.25) is 9.59 Å². The minimum absolute atomic E-state index is 0.0319. The number of fused-ring (bicyclic) bond motifs is 1. The minimum Gasteiger partial charge on any atom is -0.494 e. The van der Waals surface area contributed by atoms with Gasteiger partial charge in [0.1, 0.15) is 19.0 Å². The van der Waals surface area contributed by atoms with Crippen LogP contribution in [0.5, 0.6) is 17.2 Å². The molecule has 1 N–H and O–H groups in total. The van der Waals surface area contributed by atoms with Crippen molar-refractivity contribution in [1.29, 1.82) is 0 Å². The second-order valence-corrected chi connectivity index (χ2v) is 9.57. The first-order valence-electron chi connectivity index (χ1n) is 10.3. The average Bonchev–Trinajstić information content (AvgIpc) is 3.23. The summed E-state index contributed by atoms with van der Waals surface area (Å²) in [7, 11) is -2.19.